The lowest BCUT2D eigenvalue weighted by atomic mass is 10.0. The van der Waals surface area contributed by atoms with E-state index in [1.165, 1.54) is 6.07 Å². The lowest BCUT2D eigenvalue weighted by Crippen LogP contribution is -1.99. The molecule has 1 atom stereocenters. The van der Waals surface area contributed by atoms with E-state index in [4.69, 9.17) is 0 Å². The van der Waals surface area contributed by atoms with Gasteiger partial charge in [-0.3, -0.25) is 0 Å². The van der Waals surface area contributed by atoms with Crippen LogP contribution in [0.15, 0.2) is 46.3 Å². The van der Waals surface area contributed by atoms with Crippen molar-refractivity contribution in [3.63, 3.8) is 0 Å². The zero-order valence-electron chi connectivity index (χ0n) is 10.7. The summed E-state index contributed by atoms with van der Waals surface area (Å²) in [6.45, 7) is 0. The highest BCUT2D eigenvalue weighted by atomic mass is 79.9. The zero-order valence-corrected chi connectivity index (χ0v) is 14.7. The van der Waals surface area contributed by atoms with E-state index >= 15 is 0 Å². The lowest BCUT2D eigenvalue weighted by molar-refractivity contribution is 0.498. The van der Waals surface area contributed by atoms with Crippen molar-refractivity contribution in [3.8, 4) is 0 Å². The minimum Gasteiger partial charge on any atom is -0.204 e. The Labute approximate surface area is 142 Å². The molecule has 0 spiro atoms. The number of benzene rings is 2. The van der Waals surface area contributed by atoms with E-state index in [1.54, 1.807) is 17.4 Å². The number of hydrogen-bond acceptors (Lipinski definition) is 1. The Hall–Kier alpha value is -0.780. The molecule has 1 unspecified atom stereocenters. The van der Waals surface area contributed by atoms with Crippen LogP contribution in [0.4, 0.5) is 8.78 Å². The first-order chi connectivity index (χ1) is 10.1. The van der Waals surface area contributed by atoms with Crippen molar-refractivity contribution in [2.75, 3.05) is 0 Å². The monoisotopic (exact) mass is 430 g/mol. The molecular formula is C16H10Br2F2S. The average Bonchev–Trinajstić information content (AvgIpc) is 2.89. The predicted molar refractivity (Wildman–Crippen MR) is 91.3 cm³/mol. The summed E-state index contributed by atoms with van der Waals surface area (Å²) in [5, 5.41) is 3.19. The summed E-state index contributed by atoms with van der Waals surface area (Å²) in [4.78, 5) is -0.0585. The molecule has 21 heavy (non-hydrogen) atoms. The van der Waals surface area contributed by atoms with Crippen molar-refractivity contribution in [2.45, 2.75) is 11.2 Å². The van der Waals surface area contributed by atoms with Crippen LogP contribution in [0.3, 0.4) is 0 Å². The van der Waals surface area contributed by atoms with E-state index in [2.05, 4.69) is 37.2 Å². The predicted octanol–water partition coefficient (Wildman–Crippen LogP) is 6.62. The Balaban J connectivity index is 1.96. The van der Waals surface area contributed by atoms with Crippen molar-refractivity contribution in [1.29, 1.82) is 0 Å². The Morgan fingerprint density at radius 1 is 1.10 bits per heavy atom. The first-order valence-electron chi connectivity index (χ1n) is 6.30. The molecule has 2 aromatic carbocycles. The molecule has 0 radical (unpaired) electrons. The van der Waals surface area contributed by atoms with E-state index in [0.717, 1.165) is 26.2 Å². The maximum Gasteiger partial charge on any atom is 0.162 e. The van der Waals surface area contributed by atoms with Gasteiger partial charge in [0.25, 0.3) is 0 Å². The van der Waals surface area contributed by atoms with Crippen molar-refractivity contribution in [2.24, 2.45) is 0 Å². The van der Waals surface area contributed by atoms with Gasteiger partial charge in [0.1, 0.15) is 0 Å². The van der Waals surface area contributed by atoms with Crippen molar-refractivity contribution in [1.82, 2.24) is 0 Å². The molecule has 0 bridgehead atoms. The standard InChI is InChI=1S/C16H10Br2F2S/c17-12-5-2-4-10-11(8-21-16(10)12)13(18)7-9-3-1-6-14(19)15(9)20/h1-6,8,13H,7H2. The topological polar surface area (TPSA) is 0 Å². The maximum atomic E-state index is 13.8. The van der Waals surface area contributed by atoms with Gasteiger partial charge in [-0.2, -0.15) is 0 Å². The van der Waals surface area contributed by atoms with Crippen LogP contribution in [0.5, 0.6) is 0 Å². The van der Waals surface area contributed by atoms with Crippen LogP contribution in [-0.2, 0) is 6.42 Å². The first kappa shape index (κ1) is 15.1. The van der Waals surface area contributed by atoms with Gasteiger partial charge in [0.2, 0.25) is 0 Å². The van der Waals surface area contributed by atoms with Crippen molar-refractivity contribution >= 4 is 53.3 Å². The van der Waals surface area contributed by atoms with Crippen LogP contribution in [0, 0.1) is 11.6 Å². The van der Waals surface area contributed by atoms with Crippen LogP contribution < -0.4 is 0 Å². The smallest absolute Gasteiger partial charge is 0.162 e. The van der Waals surface area contributed by atoms with Gasteiger partial charge in [0.05, 0.1) is 0 Å². The van der Waals surface area contributed by atoms with Crippen molar-refractivity contribution < 1.29 is 8.78 Å². The molecule has 0 aliphatic rings. The number of thiophene rings is 1. The van der Waals surface area contributed by atoms with E-state index in [1.807, 2.05) is 18.2 Å². The van der Waals surface area contributed by atoms with E-state index in [-0.39, 0.29) is 4.83 Å². The van der Waals surface area contributed by atoms with Gasteiger partial charge in [-0.05, 0) is 56.4 Å². The largest absolute Gasteiger partial charge is 0.204 e. The summed E-state index contributed by atoms with van der Waals surface area (Å²) in [6.07, 6.45) is 0.405. The molecule has 1 heterocycles. The molecular weight excluding hydrogens is 422 g/mol. The molecule has 0 amide bonds. The van der Waals surface area contributed by atoms with Crippen LogP contribution in [0.1, 0.15) is 16.0 Å². The van der Waals surface area contributed by atoms with Gasteiger partial charge in [-0.15, -0.1) is 11.3 Å². The molecule has 0 fully saturated rings. The molecule has 0 saturated heterocycles. The molecule has 5 heteroatoms. The highest BCUT2D eigenvalue weighted by Crippen LogP contribution is 2.39. The molecule has 3 aromatic rings. The fourth-order valence-electron chi connectivity index (χ4n) is 2.29. The van der Waals surface area contributed by atoms with Gasteiger partial charge < -0.3 is 0 Å². The molecule has 108 valence electrons. The summed E-state index contributed by atoms with van der Waals surface area (Å²) in [5.74, 6) is -1.56. The van der Waals surface area contributed by atoms with E-state index in [0.29, 0.717) is 12.0 Å². The van der Waals surface area contributed by atoms with E-state index in [9.17, 15) is 8.78 Å². The number of hydrogen-bond donors (Lipinski definition) is 0. The quantitative estimate of drug-likeness (QED) is 0.408. The molecule has 0 saturated carbocycles. The third kappa shape index (κ3) is 2.91. The second-order valence-electron chi connectivity index (χ2n) is 4.69. The van der Waals surface area contributed by atoms with E-state index < -0.39 is 11.6 Å². The SMILES string of the molecule is Fc1cccc(CC(Br)c2csc3c(Br)cccc23)c1F. The Morgan fingerprint density at radius 2 is 1.86 bits per heavy atom. The van der Waals surface area contributed by atoms with Gasteiger partial charge >= 0.3 is 0 Å². The normalized spacial score (nSPS) is 12.8. The molecule has 0 nitrogen and oxygen atoms in total. The van der Waals surface area contributed by atoms with Gasteiger partial charge in [0, 0.05) is 14.0 Å². The Morgan fingerprint density at radius 3 is 2.67 bits per heavy atom. The second-order valence-corrected chi connectivity index (χ2v) is 7.53. The molecule has 3 rings (SSSR count). The van der Waals surface area contributed by atoms with Crippen molar-refractivity contribution in [3.05, 3.63) is 69.0 Å². The molecule has 0 aliphatic heterocycles. The van der Waals surface area contributed by atoms with Crippen LogP contribution >= 0.6 is 43.2 Å². The molecule has 0 N–H and O–H groups in total. The third-order valence-corrected chi connectivity index (χ3v) is 6.14. The minimum atomic E-state index is -0.801. The minimum absolute atomic E-state index is 0.0585. The lowest BCUT2D eigenvalue weighted by Gasteiger charge is -2.10. The van der Waals surface area contributed by atoms with Crippen LogP contribution in [0.25, 0.3) is 10.1 Å². The summed E-state index contributed by atoms with van der Waals surface area (Å²) in [6, 6.07) is 10.3. The Kier molecular flexibility index (Phi) is 4.43. The number of alkyl halides is 1. The van der Waals surface area contributed by atoms with Gasteiger partial charge in [-0.1, -0.05) is 40.2 Å². The fraction of sp³-hybridized carbons (Fsp3) is 0.125. The number of halogens is 4. The maximum absolute atomic E-state index is 13.8. The first-order valence-corrected chi connectivity index (χ1v) is 8.89. The summed E-state index contributed by atoms with van der Waals surface area (Å²) < 4.78 is 29.3. The summed E-state index contributed by atoms with van der Waals surface area (Å²) >= 11 is 8.78. The molecule has 0 aliphatic carbocycles. The zero-order chi connectivity index (χ0) is 15.0. The van der Waals surface area contributed by atoms with Crippen LogP contribution in [-0.4, -0.2) is 0 Å². The van der Waals surface area contributed by atoms with Gasteiger partial charge in [0.15, 0.2) is 11.6 Å². The summed E-state index contributed by atoms with van der Waals surface area (Å²) in [5.41, 5.74) is 1.48. The fourth-order valence-corrected chi connectivity index (χ4v) is 4.87. The summed E-state index contributed by atoms with van der Waals surface area (Å²) in [7, 11) is 0. The molecule has 1 aromatic heterocycles. The van der Waals surface area contributed by atoms with Crippen LogP contribution in [0.2, 0.25) is 0 Å². The third-order valence-electron chi connectivity index (χ3n) is 3.35. The van der Waals surface area contributed by atoms with Gasteiger partial charge in [-0.25, -0.2) is 8.78 Å². The highest BCUT2D eigenvalue weighted by molar-refractivity contribution is 9.10. The highest BCUT2D eigenvalue weighted by Gasteiger charge is 2.17. The Bertz CT molecular complexity index is 798. The second kappa shape index (κ2) is 6.15. The number of fused-ring (bicyclic) bond motifs is 1. The number of rotatable bonds is 3. The average molecular weight is 432 g/mol.